The van der Waals surface area contributed by atoms with Crippen LogP contribution in [0.5, 0.6) is 0 Å². The van der Waals surface area contributed by atoms with Crippen LogP contribution in [0.2, 0.25) is 0 Å². The molecule has 9 aromatic rings. The molecule has 0 aliphatic carbocycles. The minimum Gasteiger partial charge on any atom is -0.456 e. The van der Waals surface area contributed by atoms with E-state index in [1.807, 2.05) is 54.6 Å². The quantitative estimate of drug-likeness (QED) is 0.204. The summed E-state index contributed by atoms with van der Waals surface area (Å²) in [7, 11) is 0. The van der Waals surface area contributed by atoms with E-state index in [0.717, 1.165) is 77.2 Å². The van der Waals surface area contributed by atoms with E-state index in [2.05, 4.69) is 95.9 Å². The van der Waals surface area contributed by atoms with Gasteiger partial charge in [0.15, 0.2) is 5.58 Å². The summed E-state index contributed by atoms with van der Waals surface area (Å²) in [4.78, 5) is 7.13. The lowest BCUT2D eigenvalue weighted by Gasteiger charge is -2.26. The molecule has 0 aliphatic heterocycles. The van der Waals surface area contributed by atoms with Crippen LogP contribution in [0.25, 0.3) is 66.0 Å². The molecule has 0 saturated heterocycles. The van der Waals surface area contributed by atoms with E-state index in [4.69, 9.17) is 13.8 Å². The van der Waals surface area contributed by atoms with Crippen LogP contribution < -0.4 is 4.90 Å². The van der Waals surface area contributed by atoms with Crippen LogP contribution in [0, 0.1) is 0 Å². The number of aromatic nitrogens is 1. The first-order valence-electron chi connectivity index (χ1n) is 14.4. The fraction of sp³-hybridized carbons (Fsp3) is 0. The number of oxazole rings is 1. The molecule has 0 amide bonds. The standard InChI is InChI=1S/C39H24N2O2/c1-3-9-27(10-4-1)39-40-34-22-18-26-16-15-25-17-19-29(23-33(25)37(26)38(34)43-39)41(28-11-5-2-6-12-28)30-20-21-32-31-13-7-8-14-35(31)42-36(32)24-30/h1-24H. The number of hydrogen-bond acceptors (Lipinski definition) is 4. The molecule has 4 nitrogen and oxygen atoms in total. The van der Waals surface area contributed by atoms with Gasteiger partial charge in [0.2, 0.25) is 5.89 Å². The van der Waals surface area contributed by atoms with Crippen LogP contribution >= 0.6 is 0 Å². The first kappa shape index (κ1) is 23.8. The van der Waals surface area contributed by atoms with E-state index < -0.39 is 0 Å². The molecule has 0 saturated carbocycles. The van der Waals surface area contributed by atoms with Crippen molar-refractivity contribution in [3.05, 3.63) is 146 Å². The van der Waals surface area contributed by atoms with Crippen molar-refractivity contribution in [1.82, 2.24) is 4.98 Å². The van der Waals surface area contributed by atoms with Gasteiger partial charge in [-0.15, -0.1) is 0 Å². The van der Waals surface area contributed by atoms with E-state index >= 15 is 0 Å². The molecule has 0 atom stereocenters. The van der Waals surface area contributed by atoms with E-state index in [1.54, 1.807) is 0 Å². The minimum atomic E-state index is 0.626. The van der Waals surface area contributed by atoms with Crippen molar-refractivity contribution in [3.8, 4) is 11.5 Å². The first-order chi connectivity index (χ1) is 21.3. The molecule has 2 heterocycles. The lowest BCUT2D eigenvalue weighted by molar-refractivity contribution is 0.623. The fourth-order valence-electron chi connectivity index (χ4n) is 6.23. The Kier molecular flexibility index (Phi) is 5.16. The SMILES string of the molecule is c1ccc(-c2nc3ccc4ccc5ccc(N(c6ccccc6)c6ccc7c(c6)oc6ccccc67)cc5c4c3o2)cc1. The van der Waals surface area contributed by atoms with Crippen molar-refractivity contribution in [2.45, 2.75) is 0 Å². The highest BCUT2D eigenvalue weighted by Crippen LogP contribution is 2.41. The van der Waals surface area contributed by atoms with Crippen LogP contribution in [-0.4, -0.2) is 4.98 Å². The van der Waals surface area contributed by atoms with Gasteiger partial charge in [-0.3, -0.25) is 0 Å². The minimum absolute atomic E-state index is 0.626. The van der Waals surface area contributed by atoms with E-state index in [-0.39, 0.29) is 0 Å². The summed E-state index contributed by atoms with van der Waals surface area (Å²) in [6.45, 7) is 0. The third kappa shape index (κ3) is 3.81. The number of anilines is 3. The lowest BCUT2D eigenvalue weighted by atomic mass is 10.00. The van der Waals surface area contributed by atoms with Crippen LogP contribution in [0.1, 0.15) is 0 Å². The van der Waals surface area contributed by atoms with Crippen molar-refractivity contribution in [3.63, 3.8) is 0 Å². The second-order valence-electron chi connectivity index (χ2n) is 10.8. The summed E-state index contributed by atoms with van der Waals surface area (Å²) in [6.07, 6.45) is 0. The number of fused-ring (bicyclic) bond motifs is 8. The van der Waals surface area contributed by atoms with Gasteiger partial charge < -0.3 is 13.7 Å². The zero-order valence-corrected chi connectivity index (χ0v) is 23.1. The Morgan fingerprint density at radius 2 is 1.14 bits per heavy atom. The molecular weight excluding hydrogens is 528 g/mol. The Morgan fingerprint density at radius 3 is 2.02 bits per heavy atom. The maximum absolute atomic E-state index is 6.49. The zero-order chi connectivity index (χ0) is 28.3. The molecule has 9 rings (SSSR count). The predicted octanol–water partition coefficient (Wildman–Crippen LogP) is 11.2. The number of furan rings is 1. The lowest BCUT2D eigenvalue weighted by Crippen LogP contribution is -2.09. The molecule has 0 aliphatic rings. The average Bonchev–Trinajstić information content (AvgIpc) is 3.67. The maximum atomic E-state index is 6.49. The maximum Gasteiger partial charge on any atom is 0.227 e. The van der Waals surface area contributed by atoms with Gasteiger partial charge in [-0.2, -0.15) is 0 Å². The molecule has 0 fully saturated rings. The van der Waals surface area contributed by atoms with Crippen molar-refractivity contribution in [2.24, 2.45) is 0 Å². The number of hydrogen-bond donors (Lipinski definition) is 0. The fourth-order valence-corrected chi connectivity index (χ4v) is 6.23. The first-order valence-corrected chi connectivity index (χ1v) is 14.4. The molecule has 7 aromatic carbocycles. The van der Waals surface area contributed by atoms with Crippen LogP contribution in [0.4, 0.5) is 17.1 Å². The molecule has 2 aromatic heterocycles. The molecule has 0 radical (unpaired) electrons. The number of benzene rings is 7. The van der Waals surface area contributed by atoms with Crippen molar-refractivity contribution in [2.75, 3.05) is 4.90 Å². The Morgan fingerprint density at radius 1 is 0.465 bits per heavy atom. The molecule has 0 bridgehead atoms. The largest absolute Gasteiger partial charge is 0.456 e. The third-order valence-electron chi connectivity index (χ3n) is 8.25. The highest BCUT2D eigenvalue weighted by Gasteiger charge is 2.18. The molecule has 0 unspecified atom stereocenters. The Bertz CT molecular complexity index is 2460. The topological polar surface area (TPSA) is 42.4 Å². The van der Waals surface area contributed by atoms with Gasteiger partial charge in [0.25, 0.3) is 0 Å². The zero-order valence-electron chi connectivity index (χ0n) is 23.1. The van der Waals surface area contributed by atoms with Crippen molar-refractivity contribution in [1.29, 1.82) is 0 Å². The molecular formula is C39H24N2O2. The number of para-hydroxylation sites is 2. The summed E-state index contributed by atoms with van der Waals surface area (Å²) in [5.74, 6) is 0.626. The molecule has 43 heavy (non-hydrogen) atoms. The smallest absolute Gasteiger partial charge is 0.227 e. The monoisotopic (exact) mass is 552 g/mol. The number of rotatable bonds is 4. The van der Waals surface area contributed by atoms with Crippen LogP contribution in [0.3, 0.4) is 0 Å². The van der Waals surface area contributed by atoms with E-state index in [1.165, 1.54) is 0 Å². The Labute approximate surface area is 247 Å². The van der Waals surface area contributed by atoms with Gasteiger partial charge in [0, 0.05) is 44.9 Å². The van der Waals surface area contributed by atoms with Gasteiger partial charge in [0.05, 0.1) is 0 Å². The molecule has 0 spiro atoms. The Hall–Kier alpha value is -5.87. The van der Waals surface area contributed by atoms with Crippen LogP contribution in [-0.2, 0) is 0 Å². The van der Waals surface area contributed by atoms with Gasteiger partial charge in [-0.25, -0.2) is 4.98 Å². The molecule has 0 N–H and O–H groups in total. The summed E-state index contributed by atoms with van der Waals surface area (Å²) in [5, 5.41) is 6.66. The summed E-state index contributed by atoms with van der Waals surface area (Å²) in [5.41, 5.74) is 7.49. The normalized spacial score (nSPS) is 11.7. The second kappa shape index (κ2) is 9.33. The van der Waals surface area contributed by atoms with Gasteiger partial charge in [-0.1, -0.05) is 78.9 Å². The Balaban J connectivity index is 1.28. The van der Waals surface area contributed by atoms with Gasteiger partial charge in [0.1, 0.15) is 16.7 Å². The van der Waals surface area contributed by atoms with E-state index in [9.17, 15) is 0 Å². The van der Waals surface area contributed by atoms with Gasteiger partial charge >= 0.3 is 0 Å². The van der Waals surface area contributed by atoms with Crippen molar-refractivity contribution < 1.29 is 8.83 Å². The van der Waals surface area contributed by atoms with Crippen molar-refractivity contribution >= 4 is 71.6 Å². The number of nitrogens with zero attached hydrogens (tertiary/aromatic N) is 2. The molecule has 4 heteroatoms. The van der Waals surface area contributed by atoms with E-state index in [0.29, 0.717) is 5.89 Å². The highest BCUT2D eigenvalue weighted by atomic mass is 16.3. The predicted molar refractivity (Wildman–Crippen MR) is 176 cm³/mol. The molecule has 202 valence electrons. The average molecular weight is 553 g/mol. The highest BCUT2D eigenvalue weighted by molar-refractivity contribution is 6.18. The van der Waals surface area contributed by atoms with Gasteiger partial charge in [-0.05, 0) is 76.8 Å². The van der Waals surface area contributed by atoms with Crippen LogP contribution in [0.15, 0.2) is 154 Å². The second-order valence-corrected chi connectivity index (χ2v) is 10.8. The summed E-state index contributed by atoms with van der Waals surface area (Å²) >= 11 is 0. The summed E-state index contributed by atoms with van der Waals surface area (Å²) in [6, 6.07) is 50.3. The summed E-state index contributed by atoms with van der Waals surface area (Å²) < 4.78 is 12.8. The third-order valence-corrected chi connectivity index (χ3v) is 8.25.